The normalized spacial score (nSPS) is 15.2. The van der Waals surface area contributed by atoms with Crippen molar-refractivity contribution in [1.29, 1.82) is 0 Å². The van der Waals surface area contributed by atoms with Crippen molar-refractivity contribution in [2.45, 2.75) is 13.1 Å². The zero-order chi connectivity index (χ0) is 19.8. The molecule has 0 bridgehead atoms. The molecule has 10 heteroatoms. The van der Waals surface area contributed by atoms with Crippen molar-refractivity contribution in [3.8, 4) is 0 Å². The number of nitrogens with zero attached hydrogens (tertiary/aromatic N) is 6. The van der Waals surface area contributed by atoms with Crippen LogP contribution in [0.25, 0.3) is 0 Å². The lowest BCUT2D eigenvalue weighted by atomic mass is 10.2. The fraction of sp³-hybridized carbons (Fsp3) is 0.471. The van der Waals surface area contributed by atoms with Gasteiger partial charge in [-0.2, -0.15) is 18.2 Å². The first-order valence-corrected chi connectivity index (χ1v) is 8.41. The van der Waals surface area contributed by atoms with E-state index in [1.165, 1.54) is 0 Å². The van der Waals surface area contributed by atoms with E-state index in [9.17, 15) is 17.6 Å². The number of alkyl halides is 3. The summed E-state index contributed by atoms with van der Waals surface area (Å²) in [5, 5.41) is 0. The maximum absolute atomic E-state index is 14.1. The first-order valence-electron chi connectivity index (χ1n) is 8.41. The van der Waals surface area contributed by atoms with Crippen molar-refractivity contribution in [1.82, 2.24) is 15.0 Å². The zero-order valence-corrected chi connectivity index (χ0v) is 15.3. The highest BCUT2D eigenvalue weighted by Crippen LogP contribution is 2.31. The summed E-state index contributed by atoms with van der Waals surface area (Å²) >= 11 is 0. The van der Waals surface area contributed by atoms with Gasteiger partial charge in [-0.1, -0.05) is 0 Å². The highest BCUT2D eigenvalue weighted by atomic mass is 19.4. The van der Waals surface area contributed by atoms with Crippen LogP contribution < -0.4 is 14.7 Å². The molecule has 1 aliphatic rings. The Morgan fingerprint density at radius 1 is 1.00 bits per heavy atom. The number of aryl methyl sites for hydroxylation is 1. The number of hydrogen-bond donors (Lipinski definition) is 0. The van der Waals surface area contributed by atoms with Gasteiger partial charge >= 0.3 is 6.18 Å². The van der Waals surface area contributed by atoms with Gasteiger partial charge in [-0.15, -0.1) is 0 Å². The predicted molar refractivity (Wildman–Crippen MR) is 94.7 cm³/mol. The molecule has 0 aromatic carbocycles. The van der Waals surface area contributed by atoms with Gasteiger partial charge in [0.15, 0.2) is 11.6 Å². The SMILES string of the molecule is Cc1cc(N(C)C)nc(N2CCN(c3ncc(C(F)(F)F)cc3F)CC2)n1. The van der Waals surface area contributed by atoms with Gasteiger partial charge in [0.05, 0.1) is 5.56 Å². The van der Waals surface area contributed by atoms with Gasteiger partial charge < -0.3 is 14.7 Å². The molecular formula is C17H20F4N6. The number of aromatic nitrogens is 3. The molecule has 1 aliphatic heterocycles. The second kappa shape index (κ2) is 7.16. The minimum Gasteiger partial charge on any atom is -0.363 e. The fourth-order valence-electron chi connectivity index (χ4n) is 2.84. The van der Waals surface area contributed by atoms with Crippen LogP contribution in [0.3, 0.4) is 0 Å². The third kappa shape index (κ3) is 4.20. The van der Waals surface area contributed by atoms with Crippen molar-refractivity contribution >= 4 is 17.6 Å². The number of rotatable bonds is 3. The standard InChI is InChI=1S/C17H20F4N6/c1-11-8-14(25(2)3)24-16(23-11)27-6-4-26(5-7-27)15-13(18)9-12(10-22-15)17(19,20)21/h8-10H,4-7H2,1-3H3. The van der Waals surface area contributed by atoms with Gasteiger partial charge in [-0.25, -0.2) is 14.4 Å². The number of halogens is 4. The van der Waals surface area contributed by atoms with Gasteiger partial charge in [-0.3, -0.25) is 0 Å². The van der Waals surface area contributed by atoms with E-state index < -0.39 is 17.6 Å². The van der Waals surface area contributed by atoms with Crippen LogP contribution in [0, 0.1) is 12.7 Å². The largest absolute Gasteiger partial charge is 0.417 e. The minimum atomic E-state index is -4.61. The Labute approximate surface area is 154 Å². The number of hydrogen-bond acceptors (Lipinski definition) is 6. The van der Waals surface area contributed by atoms with Crippen molar-refractivity contribution in [2.75, 3.05) is 55.0 Å². The van der Waals surface area contributed by atoms with Gasteiger partial charge in [0.2, 0.25) is 5.95 Å². The van der Waals surface area contributed by atoms with Crippen LogP contribution >= 0.6 is 0 Å². The predicted octanol–water partition coefficient (Wildman–Crippen LogP) is 2.73. The molecule has 2 aromatic rings. The van der Waals surface area contributed by atoms with Crippen LogP contribution in [-0.2, 0) is 6.18 Å². The van der Waals surface area contributed by atoms with Crippen LogP contribution in [0.1, 0.15) is 11.3 Å². The van der Waals surface area contributed by atoms with E-state index in [2.05, 4.69) is 15.0 Å². The Hall–Kier alpha value is -2.65. The lowest BCUT2D eigenvalue weighted by Crippen LogP contribution is -2.47. The van der Waals surface area contributed by atoms with E-state index in [4.69, 9.17) is 0 Å². The smallest absolute Gasteiger partial charge is 0.363 e. The molecule has 27 heavy (non-hydrogen) atoms. The van der Waals surface area contributed by atoms with Gasteiger partial charge in [0, 0.05) is 58.2 Å². The third-order valence-corrected chi connectivity index (χ3v) is 4.30. The Morgan fingerprint density at radius 3 is 2.19 bits per heavy atom. The van der Waals surface area contributed by atoms with Crippen molar-refractivity contribution in [3.05, 3.63) is 35.4 Å². The van der Waals surface area contributed by atoms with Crippen LogP contribution in [0.4, 0.5) is 35.1 Å². The molecule has 0 aliphatic carbocycles. The van der Waals surface area contributed by atoms with Crippen molar-refractivity contribution in [3.63, 3.8) is 0 Å². The molecule has 0 N–H and O–H groups in total. The first-order chi connectivity index (χ1) is 12.6. The van der Waals surface area contributed by atoms with Gasteiger partial charge in [0.25, 0.3) is 0 Å². The minimum absolute atomic E-state index is 0.0678. The molecule has 1 fully saturated rings. The molecule has 2 aromatic heterocycles. The zero-order valence-electron chi connectivity index (χ0n) is 15.3. The summed E-state index contributed by atoms with van der Waals surface area (Å²) in [6.07, 6.45) is -3.95. The van der Waals surface area contributed by atoms with Crippen LogP contribution in [0.5, 0.6) is 0 Å². The summed E-state index contributed by atoms with van der Waals surface area (Å²) in [5.41, 5.74) is -0.256. The average Bonchev–Trinajstić information content (AvgIpc) is 2.60. The molecule has 0 radical (unpaired) electrons. The van der Waals surface area contributed by atoms with E-state index in [-0.39, 0.29) is 5.82 Å². The number of piperazine rings is 1. The summed E-state index contributed by atoms with van der Waals surface area (Å²) < 4.78 is 52.1. The van der Waals surface area contributed by atoms with Crippen molar-refractivity contribution < 1.29 is 17.6 Å². The Balaban J connectivity index is 1.73. The average molecular weight is 384 g/mol. The molecule has 0 atom stereocenters. The summed E-state index contributed by atoms with van der Waals surface area (Å²) in [5.74, 6) is 0.330. The molecule has 6 nitrogen and oxygen atoms in total. The Kier molecular flexibility index (Phi) is 5.07. The lowest BCUT2D eigenvalue weighted by molar-refractivity contribution is -0.138. The second-order valence-corrected chi connectivity index (χ2v) is 6.56. The van der Waals surface area contributed by atoms with E-state index in [0.29, 0.717) is 44.4 Å². The molecule has 1 saturated heterocycles. The highest BCUT2D eigenvalue weighted by molar-refractivity contribution is 5.48. The molecule has 0 unspecified atom stereocenters. The maximum Gasteiger partial charge on any atom is 0.417 e. The lowest BCUT2D eigenvalue weighted by Gasteiger charge is -2.35. The molecule has 0 amide bonds. The molecule has 146 valence electrons. The number of anilines is 3. The van der Waals surface area contributed by atoms with E-state index >= 15 is 0 Å². The monoisotopic (exact) mass is 384 g/mol. The van der Waals surface area contributed by atoms with Crippen LogP contribution in [-0.4, -0.2) is 55.2 Å². The molecule has 3 heterocycles. The third-order valence-electron chi connectivity index (χ3n) is 4.30. The molecule has 0 spiro atoms. The number of pyridine rings is 1. The molecular weight excluding hydrogens is 364 g/mol. The molecule has 0 saturated carbocycles. The van der Waals surface area contributed by atoms with E-state index in [0.717, 1.165) is 11.5 Å². The Bertz CT molecular complexity index is 816. The van der Waals surface area contributed by atoms with Crippen molar-refractivity contribution in [2.24, 2.45) is 0 Å². The summed E-state index contributed by atoms with van der Waals surface area (Å²) in [6, 6.07) is 2.36. The molecule has 3 rings (SSSR count). The summed E-state index contributed by atoms with van der Waals surface area (Å²) in [4.78, 5) is 18.1. The second-order valence-electron chi connectivity index (χ2n) is 6.56. The van der Waals surface area contributed by atoms with Crippen LogP contribution in [0.2, 0.25) is 0 Å². The quantitative estimate of drug-likeness (QED) is 0.759. The van der Waals surface area contributed by atoms with E-state index in [1.54, 1.807) is 4.90 Å². The van der Waals surface area contributed by atoms with Gasteiger partial charge in [0.1, 0.15) is 5.82 Å². The van der Waals surface area contributed by atoms with Crippen LogP contribution in [0.15, 0.2) is 18.3 Å². The summed E-state index contributed by atoms with van der Waals surface area (Å²) in [7, 11) is 3.78. The first kappa shape index (κ1) is 19.1. The van der Waals surface area contributed by atoms with Gasteiger partial charge in [-0.05, 0) is 13.0 Å². The Morgan fingerprint density at radius 2 is 1.63 bits per heavy atom. The topological polar surface area (TPSA) is 48.4 Å². The summed E-state index contributed by atoms with van der Waals surface area (Å²) in [6.45, 7) is 3.72. The highest BCUT2D eigenvalue weighted by Gasteiger charge is 2.33. The maximum atomic E-state index is 14.1. The fourth-order valence-corrected chi connectivity index (χ4v) is 2.84. The van der Waals surface area contributed by atoms with E-state index in [1.807, 2.05) is 36.9 Å².